The Bertz CT molecular complexity index is 1110. The van der Waals surface area contributed by atoms with Crippen molar-refractivity contribution in [2.24, 2.45) is 0 Å². The van der Waals surface area contributed by atoms with Gasteiger partial charge in [0.25, 0.3) is 0 Å². The van der Waals surface area contributed by atoms with Gasteiger partial charge in [0.15, 0.2) is 0 Å². The minimum Gasteiger partial charge on any atom is -0.388 e. The van der Waals surface area contributed by atoms with Crippen LogP contribution in [0.1, 0.15) is 16.7 Å². The Morgan fingerprint density at radius 1 is 1.18 bits per heavy atom. The lowest BCUT2D eigenvalue weighted by atomic mass is 10.0. The van der Waals surface area contributed by atoms with E-state index in [2.05, 4.69) is 15.6 Å². The quantitative estimate of drug-likeness (QED) is 0.346. The highest BCUT2D eigenvalue weighted by Crippen LogP contribution is 2.24. The highest BCUT2D eigenvalue weighted by molar-refractivity contribution is 6.30. The van der Waals surface area contributed by atoms with Crippen molar-refractivity contribution in [3.8, 4) is 0 Å². The zero-order valence-electron chi connectivity index (χ0n) is 17.9. The predicted octanol–water partition coefficient (Wildman–Crippen LogP) is 3.94. The third kappa shape index (κ3) is 6.26. The minimum absolute atomic E-state index is 0.0299. The molecule has 33 heavy (non-hydrogen) atoms. The molecular weight excluding hydrogens is 450 g/mol. The van der Waals surface area contributed by atoms with E-state index in [1.807, 2.05) is 30.3 Å². The number of halogens is 3. The van der Waals surface area contributed by atoms with Crippen LogP contribution in [0.5, 0.6) is 0 Å². The zero-order valence-corrected chi connectivity index (χ0v) is 18.7. The lowest BCUT2D eigenvalue weighted by Gasteiger charge is -2.28. The van der Waals surface area contributed by atoms with Gasteiger partial charge in [0.2, 0.25) is 12.3 Å². The Morgan fingerprint density at radius 2 is 1.94 bits per heavy atom. The molecule has 172 valence electrons. The number of hydrogen-bond donors (Lipinski definition) is 2. The second-order valence-corrected chi connectivity index (χ2v) is 7.67. The molecule has 0 saturated carbocycles. The lowest BCUT2D eigenvalue weighted by molar-refractivity contribution is -0.133. The molecule has 0 radical (unpaired) electrons. The maximum Gasteiger partial charge on any atom is 0.243 e. The number of amides is 2. The number of aromatic nitrogens is 1. The Hall–Kier alpha value is -3.52. The van der Waals surface area contributed by atoms with Gasteiger partial charge < -0.3 is 15.5 Å². The van der Waals surface area contributed by atoms with Gasteiger partial charge in [-0.05, 0) is 17.7 Å². The topological polar surface area (TPSA) is 74.3 Å². The van der Waals surface area contributed by atoms with E-state index >= 15 is 0 Å². The molecule has 1 heterocycles. The summed E-state index contributed by atoms with van der Waals surface area (Å²) in [6.07, 6.45) is 2.34. The smallest absolute Gasteiger partial charge is 0.243 e. The van der Waals surface area contributed by atoms with Gasteiger partial charge in [0.05, 0.1) is 6.54 Å². The fourth-order valence-electron chi connectivity index (χ4n) is 3.42. The fraction of sp³-hybridized carbons (Fsp3) is 0.208. The van der Waals surface area contributed by atoms with Gasteiger partial charge in [-0.3, -0.25) is 9.59 Å². The number of anilines is 1. The second-order valence-electron chi connectivity index (χ2n) is 7.31. The molecule has 0 aliphatic carbocycles. The molecule has 0 aliphatic rings. The SMILES string of the molecule is CNc1ccnc(Cl)c1CN(C=O)C(Cc1ccccc1)C(=O)NCc1ccc(F)cc1F. The van der Waals surface area contributed by atoms with Crippen molar-refractivity contribution >= 4 is 29.6 Å². The molecule has 6 nitrogen and oxygen atoms in total. The molecule has 1 atom stereocenters. The molecule has 2 amide bonds. The van der Waals surface area contributed by atoms with E-state index in [0.717, 1.165) is 17.7 Å². The van der Waals surface area contributed by atoms with Crippen molar-refractivity contribution < 1.29 is 18.4 Å². The van der Waals surface area contributed by atoms with Crippen LogP contribution in [0.4, 0.5) is 14.5 Å². The van der Waals surface area contributed by atoms with Crippen molar-refractivity contribution in [1.82, 2.24) is 15.2 Å². The molecule has 0 spiro atoms. The number of carbonyl (C=O) groups is 2. The molecule has 3 rings (SSSR count). The Labute approximate surface area is 195 Å². The third-order valence-electron chi connectivity index (χ3n) is 5.19. The van der Waals surface area contributed by atoms with Gasteiger partial charge in [0.1, 0.15) is 22.8 Å². The number of benzene rings is 2. The number of rotatable bonds is 10. The van der Waals surface area contributed by atoms with Crippen LogP contribution in [-0.2, 0) is 29.1 Å². The van der Waals surface area contributed by atoms with Crippen LogP contribution in [0.3, 0.4) is 0 Å². The van der Waals surface area contributed by atoms with Crippen LogP contribution >= 0.6 is 11.6 Å². The molecule has 1 aromatic heterocycles. The molecule has 3 aromatic rings. The van der Waals surface area contributed by atoms with E-state index in [4.69, 9.17) is 11.6 Å². The number of nitrogens with zero attached hydrogens (tertiary/aromatic N) is 2. The van der Waals surface area contributed by atoms with Crippen LogP contribution in [-0.4, -0.2) is 35.3 Å². The summed E-state index contributed by atoms with van der Waals surface area (Å²) >= 11 is 6.26. The first kappa shape index (κ1) is 24.1. The van der Waals surface area contributed by atoms with E-state index < -0.39 is 23.6 Å². The average molecular weight is 473 g/mol. The lowest BCUT2D eigenvalue weighted by Crippen LogP contribution is -2.47. The normalized spacial score (nSPS) is 11.5. The fourth-order valence-corrected chi connectivity index (χ4v) is 3.64. The molecule has 0 saturated heterocycles. The molecule has 0 aliphatic heterocycles. The summed E-state index contributed by atoms with van der Waals surface area (Å²) in [7, 11) is 1.71. The summed E-state index contributed by atoms with van der Waals surface area (Å²) in [6, 6.07) is 13.2. The van der Waals surface area contributed by atoms with Gasteiger partial charge in [0, 0.05) is 49.1 Å². The van der Waals surface area contributed by atoms with E-state index in [1.165, 1.54) is 17.2 Å². The highest BCUT2D eigenvalue weighted by atomic mass is 35.5. The van der Waals surface area contributed by atoms with Crippen molar-refractivity contribution in [1.29, 1.82) is 0 Å². The Kier molecular flexibility index (Phi) is 8.32. The first-order valence-electron chi connectivity index (χ1n) is 10.2. The summed E-state index contributed by atoms with van der Waals surface area (Å²) in [4.78, 5) is 30.6. The molecule has 2 N–H and O–H groups in total. The maximum absolute atomic E-state index is 14.0. The van der Waals surface area contributed by atoms with E-state index in [-0.39, 0.29) is 30.2 Å². The van der Waals surface area contributed by atoms with Crippen molar-refractivity contribution in [3.05, 3.63) is 94.3 Å². The van der Waals surface area contributed by atoms with Crippen LogP contribution in [0, 0.1) is 11.6 Å². The first-order chi connectivity index (χ1) is 15.9. The van der Waals surface area contributed by atoms with Gasteiger partial charge >= 0.3 is 0 Å². The van der Waals surface area contributed by atoms with E-state index in [9.17, 15) is 18.4 Å². The van der Waals surface area contributed by atoms with Crippen LogP contribution < -0.4 is 10.6 Å². The van der Waals surface area contributed by atoms with Crippen LogP contribution in [0.25, 0.3) is 0 Å². The second kappa shape index (κ2) is 11.4. The van der Waals surface area contributed by atoms with Gasteiger partial charge in [-0.2, -0.15) is 0 Å². The van der Waals surface area contributed by atoms with Crippen molar-refractivity contribution in [2.75, 3.05) is 12.4 Å². The summed E-state index contributed by atoms with van der Waals surface area (Å²) in [5.41, 5.74) is 2.20. The molecule has 1 unspecified atom stereocenters. The number of carbonyl (C=O) groups excluding carboxylic acids is 2. The third-order valence-corrected chi connectivity index (χ3v) is 5.52. The molecule has 0 fully saturated rings. The van der Waals surface area contributed by atoms with Crippen molar-refractivity contribution in [3.63, 3.8) is 0 Å². The first-order valence-corrected chi connectivity index (χ1v) is 10.6. The van der Waals surface area contributed by atoms with Crippen LogP contribution in [0.15, 0.2) is 60.8 Å². The van der Waals surface area contributed by atoms with Gasteiger partial charge in [-0.1, -0.05) is 48.0 Å². The minimum atomic E-state index is -0.908. The summed E-state index contributed by atoms with van der Waals surface area (Å²) in [6.45, 7) is -0.124. The summed E-state index contributed by atoms with van der Waals surface area (Å²) in [5.74, 6) is -1.95. The monoisotopic (exact) mass is 472 g/mol. The Morgan fingerprint density at radius 3 is 2.61 bits per heavy atom. The maximum atomic E-state index is 14.0. The predicted molar refractivity (Wildman–Crippen MR) is 123 cm³/mol. The Balaban J connectivity index is 1.86. The average Bonchev–Trinajstić information content (AvgIpc) is 2.82. The molecule has 2 aromatic carbocycles. The summed E-state index contributed by atoms with van der Waals surface area (Å²) < 4.78 is 27.2. The van der Waals surface area contributed by atoms with E-state index in [1.54, 1.807) is 13.1 Å². The van der Waals surface area contributed by atoms with Crippen molar-refractivity contribution in [2.45, 2.75) is 25.6 Å². The number of nitrogens with one attached hydrogen (secondary N) is 2. The molecule has 9 heteroatoms. The van der Waals surface area contributed by atoms with Gasteiger partial charge in [-0.25, -0.2) is 13.8 Å². The summed E-state index contributed by atoms with van der Waals surface area (Å²) in [5, 5.41) is 5.87. The standard InChI is InChI=1S/C24H23ClF2N4O2/c1-28-21-9-10-29-23(25)19(21)14-31(15-32)22(11-16-5-3-2-4-6-16)24(33)30-13-17-7-8-18(26)12-20(17)27/h2-10,12,15,22H,11,13-14H2,1H3,(H,28,29)(H,30,33). The van der Waals surface area contributed by atoms with Gasteiger partial charge in [-0.15, -0.1) is 0 Å². The molecular formula is C24H23ClF2N4O2. The highest BCUT2D eigenvalue weighted by Gasteiger charge is 2.27. The van der Waals surface area contributed by atoms with Crippen LogP contribution in [0.2, 0.25) is 5.15 Å². The van der Waals surface area contributed by atoms with E-state index in [0.29, 0.717) is 17.7 Å². The number of pyridine rings is 1. The largest absolute Gasteiger partial charge is 0.388 e. The zero-order chi connectivity index (χ0) is 23.8. The molecule has 0 bridgehead atoms. The number of hydrogen-bond acceptors (Lipinski definition) is 4.